The Bertz CT molecular complexity index is 695. The number of nitrogens with zero attached hydrogens (tertiary/aromatic N) is 2. The lowest BCUT2D eigenvalue weighted by molar-refractivity contribution is -0.387. The summed E-state index contributed by atoms with van der Waals surface area (Å²) in [7, 11) is -3.90. The Morgan fingerprint density at radius 2 is 2.00 bits per heavy atom. The molecule has 0 aromatic heterocycles. The van der Waals surface area contributed by atoms with E-state index in [1.54, 1.807) is 0 Å². The van der Waals surface area contributed by atoms with Crippen molar-refractivity contribution in [2.24, 2.45) is 0 Å². The predicted molar refractivity (Wildman–Crippen MR) is 84.1 cm³/mol. The van der Waals surface area contributed by atoms with Crippen LogP contribution in [0.3, 0.4) is 0 Å². The Kier molecular flexibility index (Phi) is 4.23. The summed E-state index contributed by atoms with van der Waals surface area (Å²) in [6.07, 6.45) is 2.34. The average Bonchev–Trinajstić information content (AvgIpc) is 2.72. The van der Waals surface area contributed by atoms with Crippen LogP contribution < -0.4 is 5.32 Å². The van der Waals surface area contributed by atoms with Crippen LogP contribution in [-0.4, -0.2) is 42.8 Å². The third-order valence-electron chi connectivity index (χ3n) is 4.26. The summed E-state index contributed by atoms with van der Waals surface area (Å²) >= 11 is 3.21. The van der Waals surface area contributed by atoms with Crippen LogP contribution in [0.15, 0.2) is 27.6 Å². The van der Waals surface area contributed by atoms with E-state index in [2.05, 4.69) is 21.2 Å². The van der Waals surface area contributed by atoms with Gasteiger partial charge in [0.05, 0.1) is 4.92 Å². The Balaban J connectivity index is 2.10. The summed E-state index contributed by atoms with van der Waals surface area (Å²) in [5.74, 6) is 0. The molecule has 7 nitrogen and oxygen atoms in total. The maximum absolute atomic E-state index is 13.1. The van der Waals surface area contributed by atoms with E-state index >= 15 is 0 Å². The van der Waals surface area contributed by atoms with Crippen molar-refractivity contribution < 1.29 is 13.3 Å². The molecule has 9 heteroatoms. The molecule has 2 fully saturated rings. The fraction of sp³-hybridized carbons (Fsp3) is 0.538. The molecule has 1 N–H and O–H groups in total. The van der Waals surface area contributed by atoms with Crippen molar-refractivity contribution in [2.75, 3.05) is 13.1 Å². The Hall–Kier alpha value is -1.03. The first-order chi connectivity index (χ1) is 10.4. The minimum Gasteiger partial charge on any atom is -0.315 e. The fourth-order valence-corrected chi connectivity index (χ4v) is 5.89. The molecule has 0 saturated carbocycles. The highest BCUT2D eigenvalue weighted by atomic mass is 79.9. The summed E-state index contributed by atoms with van der Waals surface area (Å²) in [6.45, 7) is 1.37. The molecule has 3 rings (SSSR count). The number of nitro benzene ring substituents is 1. The molecule has 0 spiro atoms. The van der Waals surface area contributed by atoms with Crippen LogP contribution in [0, 0.1) is 10.1 Å². The second-order valence-corrected chi connectivity index (χ2v) is 8.31. The first kappa shape index (κ1) is 15.9. The van der Waals surface area contributed by atoms with Crippen LogP contribution >= 0.6 is 15.9 Å². The summed E-state index contributed by atoms with van der Waals surface area (Å²) in [4.78, 5) is 10.3. The number of sulfonamides is 1. The molecule has 22 heavy (non-hydrogen) atoms. The Morgan fingerprint density at radius 3 is 2.73 bits per heavy atom. The fourth-order valence-electron chi connectivity index (χ4n) is 3.29. The van der Waals surface area contributed by atoms with E-state index in [9.17, 15) is 18.5 Å². The number of hydrogen-bond donors (Lipinski definition) is 1. The highest BCUT2D eigenvalue weighted by molar-refractivity contribution is 9.10. The average molecular weight is 390 g/mol. The van der Waals surface area contributed by atoms with Crippen LogP contribution in [0.1, 0.15) is 19.3 Å². The highest BCUT2D eigenvalue weighted by Crippen LogP contribution is 2.37. The second-order valence-electron chi connectivity index (χ2n) is 5.58. The van der Waals surface area contributed by atoms with Gasteiger partial charge in [0.1, 0.15) is 0 Å². The number of benzene rings is 1. The predicted octanol–water partition coefficient (Wildman–Crippen LogP) is 1.87. The topological polar surface area (TPSA) is 92.5 Å². The van der Waals surface area contributed by atoms with Crippen molar-refractivity contribution in [1.82, 2.24) is 9.62 Å². The first-order valence-electron chi connectivity index (χ1n) is 7.09. The van der Waals surface area contributed by atoms with Crippen molar-refractivity contribution in [3.63, 3.8) is 0 Å². The van der Waals surface area contributed by atoms with Crippen molar-refractivity contribution in [3.05, 3.63) is 32.8 Å². The van der Waals surface area contributed by atoms with Gasteiger partial charge < -0.3 is 5.32 Å². The molecule has 2 atom stereocenters. The van der Waals surface area contributed by atoms with Crippen LogP contribution in [0.25, 0.3) is 0 Å². The molecule has 2 bridgehead atoms. The third-order valence-corrected chi connectivity index (χ3v) is 6.79. The number of rotatable bonds is 3. The van der Waals surface area contributed by atoms with Gasteiger partial charge in [-0.25, -0.2) is 8.42 Å². The van der Waals surface area contributed by atoms with Crippen LogP contribution in [0.2, 0.25) is 0 Å². The largest absolute Gasteiger partial charge is 0.315 e. The summed E-state index contributed by atoms with van der Waals surface area (Å²) in [6, 6.07) is 3.83. The monoisotopic (exact) mass is 389 g/mol. The minimum absolute atomic E-state index is 0.0800. The van der Waals surface area contributed by atoms with Crippen molar-refractivity contribution in [1.29, 1.82) is 0 Å². The van der Waals surface area contributed by atoms with Crippen molar-refractivity contribution in [3.8, 4) is 0 Å². The molecular formula is C13H16BrN3O4S. The van der Waals surface area contributed by atoms with E-state index in [1.807, 2.05) is 0 Å². The molecule has 2 aliphatic rings. The van der Waals surface area contributed by atoms with Crippen LogP contribution in [0.4, 0.5) is 5.69 Å². The zero-order valence-electron chi connectivity index (χ0n) is 11.7. The summed E-state index contributed by atoms with van der Waals surface area (Å²) < 4.78 is 28.1. The molecule has 1 aromatic rings. The molecule has 0 amide bonds. The standard InChI is InChI=1S/C13H16BrN3O4S/c14-9-1-4-12(17(18)19)13(7-9)22(20,21)16-10-2-3-11(16)8-15-6-5-10/h1,4,7,10-11,15H,2-3,5-6,8H2. The lowest BCUT2D eigenvalue weighted by Gasteiger charge is -2.26. The van der Waals surface area contributed by atoms with E-state index in [1.165, 1.54) is 22.5 Å². The van der Waals surface area contributed by atoms with Gasteiger partial charge in [0.15, 0.2) is 4.90 Å². The number of halogens is 1. The van der Waals surface area contributed by atoms with E-state index in [0.717, 1.165) is 25.8 Å². The number of nitro groups is 1. The highest BCUT2D eigenvalue weighted by Gasteiger charge is 2.45. The molecule has 1 aromatic carbocycles. The zero-order chi connectivity index (χ0) is 15.9. The first-order valence-corrected chi connectivity index (χ1v) is 9.33. The normalized spacial score (nSPS) is 25.9. The maximum Gasteiger partial charge on any atom is 0.289 e. The van der Waals surface area contributed by atoms with Crippen LogP contribution in [-0.2, 0) is 10.0 Å². The molecule has 2 aliphatic heterocycles. The molecular weight excluding hydrogens is 374 g/mol. The molecule has 0 radical (unpaired) electrons. The van der Waals surface area contributed by atoms with E-state index in [0.29, 0.717) is 11.0 Å². The summed E-state index contributed by atoms with van der Waals surface area (Å²) in [5.41, 5.74) is -0.375. The van der Waals surface area contributed by atoms with Gasteiger partial charge in [-0.3, -0.25) is 10.1 Å². The molecule has 2 saturated heterocycles. The maximum atomic E-state index is 13.1. The number of fused-ring (bicyclic) bond motifs is 2. The van der Waals surface area contributed by atoms with Gasteiger partial charge in [-0.1, -0.05) is 15.9 Å². The van der Waals surface area contributed by atoms with E-state index in [4.69, 9.17) is 0 Å². The molecule has 0 aliphatic carbocycles. The lowest BCUT2D eigenvalue weighted by atomic mass is 10.1. The van der Waals surface area contributed by atoms with Gasteiger partial charge >= 0.3 is 0 Å². The summed E-state index contributed by atoms with van der Waals surface area (Å²) in [5, 5.41) is 14.4. The third kappa shape index (κ3) is 2.66. The smallest absolute Gasteiger partial charge is 0.289 e. The van der Waals surface area contributed by atoms with E-state index in [-0.39, 0.29) is 22.7 Å². The minimum atomic E-state index is -3.90. The SMILES string of the molecule is O=[N+]([O-])c1ccc(Br)cc1S(=O)(=O)N1C2CCNCC1CC2. The van der Waals surface area contributed by atoms with Crippen molar-refractivity contribution in [2.45, 2.75) is 36.2 Å². The molecule has 120 valence electrons. The van der Waals surface area contributed by atoms with Gasteiger partial charge in [0.25, 0.3) is 15.7 Å². The lowest BCUT2D eigenvalue weighted by Crippen LogP contribution is -2.42. The quantitative estimate of drug-likeness (QED) is 0.629. The van der Waals surface area contributed by atoms with Gasteiger partial charge in [0, 0.05) is 29.2 Å². The number of nitrogens with one attached hydrogen (secondary N) is 1. The van der Waals surface area contributed by atoms with Gasteiger partial charge in [-0.15, -0.1) is 0 Å². The molecule has 2 unspecified atom stereocenters. The van der Waals surface area contributed by atoms with Gasteiger partial charge in [0.2, 0.25) is 0 Å². The zero-order valence-corrected chi connectivity index (χ0v) is 14.1. The number of hydrogen-bond acceptors (Lipinski definition) is 5. The van der Waals surface area contributed by atoms with Crippen LogP contribution in [0.5, 0.6) is 0 Å². The van der Waals surface area contributed by atoms with Crippen molar-refractivity contribution >= 4 is 31.6 Å². The Morgan fingerprint density at radius 1 is 1.27 bits per heavy atom. The van der Waals surface area contributed by atoms with E-state index < -0.39 is 14.9 Å². The van der Waals surface area contributed by atoms with Gasteiger partial charge in [-0.2, -0.15) is 4.31 Å². The Labute approximate surface area is 137 Å². The molecule has 2 heterocycles. The van der Waals surface area contributed by atoms with Gasteiger partial charge in [-0.05, 0) is 37.9 Å². The second kappa shape index (κ2) is 5.88.